The van der Waals surface area contributed by atoms with E-state index in [-0.39, 0.29) is 0 Å². The summed E-state index contributed by atoms with van der Waals surface area (Å²) >= 11 is 0. The second kappa shape index (κ2) is 3.60. The minimum absolute atomic E-state index is 0.302. The van der Waals surface area contributed by atoms with E-state index in [0.29, 0.717) is 10.8 Å². The van der Waals surface area contributed by atoms with Crippen LogP contribution in [0.4, 0.5) is 0 Å². The van der Waals surface area contributed by atoms with Crippen LogP contribution in [0.25, 0.3) is 0 Å². The van der Waals surface area contributed by atoms with Gasteiger partial charge in [0.2, 0.25) is 0 Å². The molecule has 1 atom stereocenters. The van der Waals surface area contributed by atoms with E-state index in [1.165, 1.54) is 44.3 Å². The molecule has 0 radical (unpaired) electrons. The van der Waals surface area contributed by atoms with Crippen molar-refractivity contribution in [2.24, 2.45) is 11.3 Å². The van der Waals surface area contributed by atoms with E-state index in [4.69, 9.17) is 0 Å². The minimum atomic E-state index is 0.302. The predicted molar refractivity (Wildman–Crippen MR) is 71.5 cm³/mol. The van der Waals surface area contributed by atoms with Gasteiger partial charge in [-0.2, -0.15) is 0 Å². The van der Waals surface area contributed by atoms with Crippen molar-refractivity contribution in [1.82, 2.24) is 14.9 Å². The second-order valence-electron chi connectivity index (χ2n) is 7.03. The third kappa shape index (κ3) is 1.63. The maximum atomic E-state index is 4.44. The van der Waals surface area contributed by atoms with Crippen molar-refractivity contribution < 1.29 is 0 Å². The Morgan fingerprint density at radius 3 is 2.83 bits per heavy atom. The first-order valence-electron chi connectivity index (χ1n) is 7.43. The van der Waals surface area contributed by atoms with Gasteiger partial charge in [0, 0.05) is 30.4 Å². The average molecular weight is 245 g/mol. The monoisotopic (exact) mass is 245 g/mol. The van der Waals surface area contributed by atoms with Crippen LogP contribution >= 0.6 is 0 Å². The molecule has 0 bridgehead atoms. The van der Waals surface area contributed by atoms with Crippen LogP contribution in [0, 0.1) is 11.3 Å². The smallest absolute Gasteiger partial charge is 0.0948 e. The van der Waals surface area contributed by atoms with Crippen molar-refractivity contribution in [2.45, 2.75) is 51.0 Å². The van der Waals surface area contributed by atoms with E-state index in [1.807, 2.05) is 0 Å². The highest BCUT2D eigenvalue weighted by Crippen LogP contribution is 2.62. The fraction of sp³-hybridized carbons (Fsp3) is 0.800. The molecule has 0 amide bonds. The van der Waals surface area contributed by atoms with Crippen LogP contribution in [0.2, 0.25) is 0 Å². The Hall–Kier alpha value is -0.830. The molecule has 1 saturated heterocycles. The zero-order valence-corrected chi connectivity index (χ0v) is 11.3. The van der Waals surface area contributed by atoms with Gasteiger partial charge in [-0.1, -0.05) is 6.92 Å². The van der Waals surface area contributed by atoms with Gasteiger partial charge >= 0.3 is 0 Å². The summed E-state index contributed by atoms with van der Waals surface area (Å²) in [5, 5.41) is 3.50. The molecule has 3 fully saturated rings. The Balaban J connectivity index is 1.60. The second-order valence-corrected chi connectivity index (χ2v) is 7.03. The molecule has 1 aromatic heterocycles. The summed E-state index contributed by atoms with van der Waals surface area (Å²) in [4.78, 5) is 4.44. The van der Waals surface area contributed by atoms with Crippen LogP contribution in [0.5, 0.6) is 0 Å². The third-order valence-electron chi connectivity index (χ3n) is 5.52. The summed E-state index contributed by atoms with van der Waals surface area (Å²) in [6.07, 6.45) is 11.3. The average Bonchev–Trinajstić information content (AvgIpc) is 3.24. The van der Waals surface area contributed by atoms with Crippen molar-refractivity contribution in [2.75, 3.05) is 13.1 Å². The summed E-state index contributed by atoms with van der Waals surface area (Å²) in [6, 6.07) is 0. The number of hydrogen-bond acceptors (Lipinski definition) is 2. The molecule has 3 heteroatoms. The predicted octanol–water partition coefficient (Wildman–Crippen LogP) is 2.32. The first-order valence-corrected chi connectivity index (χ1v) is 7.43. The van der Waals surface area contributed by atoms with Gasteiger partial charge in [-0.25, -0.2) is 4.98 Å². The molecule has 2 saturated carbocycles. The molecule has 18 heavy (non-hydrogen) atoms. The molecule has 0 aromatic carbocycles. The maximum absolute atomic E-state index is 4.44. The Labute approximate surface area is 109 Å². The summed E-state index contributed by atoms with van der Waals surface area (Å²) in [5.74, 6) is 1.03. The Morgan fingerprint density at radius 1 is 1.39 bits per heavy atom. The summed E-state index contributed by atoms with van der Waals surface area (Å²) in [7, 11) is 0. The Kier molecular flexibility index (Phi) is 2.20. The zero-order chi connectivity index (χ0) is 12.2. The van der Waals surface area contributed by atoms with E-state index in [1.54, 1.807) is 0 Å². The van der Waals surface area contributed by atoms with Crippen molar-refractivity contribution in [3.8, 4) is 0 Å². The SMILES string of the molecule is CC1(c2cncn2CC2(C3CC3)CC2)CCNC1. The highest BCUT2D eigenvalue weighted by atomic mass is 15.1. The lowest BCUT2D eigenvalue weighted by Crippen LogP contribution is -2.29. The molecule has 3 aliphatic rings. The first-order chi connectivity index (χ1) is 8.72. The lowest BCUT2D eigenvalue weighted by atomic mass is 9.86. The van der Waals surface area contributed by atoms with Gasteiger partial charge in [-0.05, 0) is 50.0 Å². The number of nitrogens with one attached hydrogen (secondary N) is 1. The summed E-state index contributed by atoms with van der Waals surface area (Å²) < 4.78 is 2.47. The highest BCUT2D eigenvalue weighted by molar-refractivity contribution is 5.18. The first kappa shape index (κ1) is 11.0. The fourth-order valence-electron chi connectivity index (χ4n) is 3.88. The van der Waals surface area contributed by atoms with Crippen LogP contribution in [0.15, 0.2) is 12.5 Å². The molecule has 1 aromatic rings. The Morgan fingerprint density at radius 2 is 2.22 bits per heavy atom. The van der Waals surface area contributed by atoms with Gasteiger partial charge in [0.25, 0.3) is 0 Å². The molecular weight excluding hydrogens is 222 g/mol. The number of imidazole rings is 1. The van der Waals surface area contributed by atoms with Gasteiger partial charge in [-0.15, -0.1) is 0 Å². The van der Waals surface area contributed by atoms with Crippen LogP contribution in [0.1, 0.15) is 44.7 Å². The summed E-state index contributed by atoms with van der Waals surface area (Å²) in [6.45, 7) is 5.87. The molecule has 1 unspecified atom stereocenters. The van der Waals surface area contributed by atoms with E-state index in [0.717, 1.165) is 19.0 Å². The molecule has 0 spiro atoms. The standard InChI is InChI=1S/C15H23N3/c1-14(6-7-16-9-14)13-8-17-11-18(13)10-15(4-5-15)12-2-3-12/h8,11-12,16H,2-7,9-10H2,1H3. The highest BCUT2D eigenvalue weighted by Gasteiger charge is 2.54. The van der Waals surface area contributed by atoms with Gasteiger partial charge in [-0.3, -0.25) is 0 Å². The summed E-state index contributed by atoms with van der Waals surface area (Å²) in [5.41, 5.74) is 2.42. The lowest BCUT2D eigenvalue weighted by Gasteiger charge is -2.26. The number of aromatic nitrogens is 2. The molecule has 1 N–H and O–H groups in total. The molecule has 2 aliphatic carbocycles. The largest absolute Gasteiger partial charge is 0.333 e. The molecular formula is C15H23N3. The fourth-order valence-corrected chi connectivity index (χ4v) is 3.88. The molecule has 2 heterocycles. The van der Waals surface area contributed by atoms with E-state index in [2.05, 4.69) is 34.3 Å². The van der Waals surface area contributed by atoms with Gasteiger partial charge < -0.3 is 9.88 Å². The Bertz CT molecular complexity index is 448. The lowest BCUT2D eigenvalue weighted by molar-refractivity contribution is 0.349. The van der Waals surface area contributed by atoms with Gasteiger partial charge in [0.1, 0.15) is 0 Å². The van der Waals surface area contributed by atoms with E-state index < -0.39 is 0 Å². The third-order valence-corrected chi connectivity index (χ3v) is 5.52. The van der Waals surface area contributed by atoms with Gasteiger partial charge in [0.05, 0.1) is 6.33 Å². The molecule has 4 rings (SSSR count). The van der Waals surface area contributed by atoms with Crippen LogP contribution in [0.3, 0.4) is 0 Å². The molecule has 1 aliphatic heterocycles. The number of rotatable bonds is 4. The van der Waals surface area contributed by atoms with Crippen LogP contribution in [-0.4, -0.2) is 22.6 Å². The van der Waals surface area contributed by atoms with Crippen molar-refractivity contribution >= 4 is 0 Å². The number of nitrogens with zero attached hydrogens (tertiary/aromatic N) is 2. The normalized spacial score (nSPS) is 33.8. The topological polar surface area (TPSA) is 29.9 Å². The van der Waals surface area contributed by atoms with Crippen LogP contribution in [-0.2, 0) is 12.0 Å². The van der Waals surface area contributed by atoms with Crippen LogP contribution < -0.4 is 5.32 Å². The minimum Gasteiger partial charge on any atom is -0.333 e. The molecule has 3 nitrogen and oxygen atoms in total. The van der Waals surface area contributed by atoms with Crippen molar-refractivity contribution in [1.29, 1.82) is 0 Å². The van der Waals surface area contributed by atoms with Crippen molar-refractivity contribution in [3.63, 3.8) is 0 Å². The maximum Gasteiger partial charge on any atom is 0.0948 e. The van der Waals surface area contributed by atoms with E-state index in [9.17, 15) is 0 Å². The number of hydrogen-bond donors (Lipinski definition) is 1. The molecule has 98 valence electrons. The van der Waals surface area contributed by atoms with Crippen molar-refractivity contribution in [3.05, 3.63) is 18.2 Å². The van der Waals surface area contributed by atoms with Gasteiger partial charge in [0.15, 0.2) is 0 Å². The quantitative estimate of drug-likeness (QED) is 0.882. The van der Waals surface area contributed by atoms with E-state index >= 15 is 0 Å². The zero-order valence-electron chi connectivity index (χ0n) is 11.3.